The van der Waals surface area contributed by atoms with Crippen LogP contribution in [0, 0.1) is 11.7 Å². The van der Waals surface area contributed by atoms with E-state index in [1.807, 2.05) is 10.2 Å². The predicted molar refractivity (Wildman–Crippen MR) is 225 cm³/mol. The number of hydrogen-bond acceptors (Lipinski definition) is 12. The Bertz CT molecular complexity index is 2830. The number of carbonyl (C=O) groups is 5. The number of methoxy groups -OCH3 is 1. The maximum absolute atomic E-state index is 16.1. The number of para-hydroxylation sites is 1. The first-order valence-electron chi connectivity index (χ1n) is 23.7. The molecule has 3 fully saturated rings. The van der Waals surface area contributed by atoms with E-state index in [1.165, 1.54) is 26.3 Å². The standard InChI is InChI=1S/C44H45F4N9O6/c1-49-40(59)27-5-3-4-6-32(27)51-34-22-38(50-23-30(34)44(46,47)48)52-33-8-7-26(19-37(33)63-2)55-13-11-25(12-14-55)24-54-15-17-56(18-16-54)36-21-29-28(20-31(36)45)42(61)57(43(29)62)35-9-10-39(58)53-41(35)60/h3-8,19-23,25,35H,9-18,24H2,1-2H3,(H,49,59)(H2,50,51,52)(H,53,58,60)/i15D2,16D2,17D2,18D2. The highest BCUT2D eigenvalue weighted by Crippen LogP contribution is 2.40. The minimum atomic E-state index is -4.80. The van der Waals surface area contributed by atoms with E-state index >= 15 is 4.39 Å². The fourth-order valence-corrected chi connectivity index (χ4v) is 7.81. The zero-order chi connectivity index (χ0) is 51.7. The Morgan fingerprint density at radius 1 is 0.889 bits per heavy atom. The van der Waals surface area contributed by atoms with E-state index in [-0.39, 0.29) is 59.1 Å². The lowest BCUT2D eigenvalue weighted by atomic mass is 9.95. The van der Waals surface area contributed by atoms with Crippen LogP contribution in [0.1, 0.15) is 73.3 Å². The monoisotopic (exact) mass is 879 g/mol. The van der Waals surface area contributed by atoms with Gasteiger partial charge in [0, 0.05) is 88.6 Å². The van der Waals surface area contributed by atoms with Crippen LogP contribution in [0.5, 0.6) is 5.75 Å². The predicted octanol–water partition coefficient (Wildman–Crippen LogP) is 5.53. The maximum Gasteiger partial charge on any atom is 0.419 e. The van der Waals surface area contributed by atoms with Crippen molar-refractivity contribution in [3.63, 3.8) is 0 Å². The number of aromatic nitrogens is 1. The molecule has 63 heavy (non-hydrogen) atoms. The van der Waals surface area contributed by atoms with E-state index in [0.717, 1.165) is 6.07 Å². The third-order valence-electron chi connectivity index (χ3n) is 11.1. The molecular weight excluding hydrogens is 827 g/mol. The average Bonchev–Trinajstić information content (AvgIpc) is 3.54. The van der Waals surface area contributed by atoms with Gasteiger partial charge in [-0.25, -0.2) is 9.37 Å². The first-order valence-corrected chi connectivity index (χ1v) is 19.7. The molecule has 0 bridgehead atoms. The zero-order valence-corrected chi connectivity index (χ0v) is 33.7. The average molecular weight is 880 g/mol. The number of piperazine rings is 1. The molecule has 0 saturated carbocycles. The van der Waals surface area contributed by atoms with Gasteiger partial charge in [0.05, 0.1) is 57.6 Å². The van der Waals surface area contributed by atoms with Gasteiger partial charge in [0.15, 0.2) is 0 Å². The molecule has 4 N–H and O–H groups in total. The Morgan fingerprint density at radius 2 is 1.60 bits per heavy atom. The van der Waals surface area contributed by atoms with E-state index < -0.39 is 108 Å². The molecule has 4 aromatic rings. The van der Waals surface area contributed by atoms with Gasteiger partial charge in [0.2, 0.25) is 11.8 Å². The topological polar surface area (TPSA) is 169 Å². The van der Waals surface area contributed by atoms with Gasteiger partial charge in [0.1, 0.15) is 23.4 Å². The van der Waals surface area contributed by atoms with E-state index in [2.05, 4.69) is 20.9 Å². The Kier molecular flexibility index (Phi) is 9.42. The van der Waals surface area contributed by atoms with Gasteiger partial charge in [0.25, 0.3) is 17.7 Å². The molecule has 1 aromatic heterocycles. The van der Waals surface area contributed by atoms with Crippen LogP contribution in [0.25, 0.3) is 0 Å². The van der Waals surface area contributed by atoms with Gasteiger partial charge in [-0.2, -0.15) is 13.2 Å². The minimum Gasteiger partial charge on any atom is -0.494 e. The number of pyridine rings is 1. The highest BCUT2D eigenvalue weighted by atomic mass is 19.4. The van der Waals surface area contributed by atoms with Crippen molar-refractivity contribution in [1.82, 2.24) is 25.4 Å². The van der Waals surface area contributed by atoms with Gasteiger partial charge in [-0.05, 0) is 61.6 Å². The summed E-state index contributed by atoms with van der Waals surface area (Å²) in [7, 11) is 2.78. The van der Waals surface area contributed by atoms with Crippen molar-refractivity contribution in [2.45, 2.75) is 37.9 Å². The number of benzene rings is 3. The summed E-state index contributed by atoms with van der Waals surface area (Å²) < 4.78 is 136. The molecule has 3 saturated heterocycles. The first kappa shape index (κ1) is 33.8. The summed E-state index contributed by atoms with van der Waals surface area (Å²) in [5, 5.41) is 10.2. The smallest absolute Gasteiger partial charge is 0.419 e. The van der Waals surface area contributed by atoms with Crippen molar-refractivity contribution in [1.29, 1.82) is 0 Å². The van der Waals surface area contributed by atoms with Crippen LogP contribution in [-0.4, -0.2) is 110 Å². The molecule has 5 amide bonds. The summed E-state index contributed by atoms with van der Waals surface area (Å²) in [6, 6.07) is 11.9. The van der Waals surface area contributed by atoms with Gasteiger partial charge in [-0.1, -0.05) is 12.1 Å². The number of nitrogens with zero attached hydrogens (tertiary/aromatic N) is 5. The summed E-state index contributed by atoms with van der Waals surface area (Å²) in [6.07, 6.45) is -4.02. The molecule has 0 radical (unpaired) electrons. The third-order valence-corrected chi connectivity index (χ3v) is 11.1. The summed E-state index contributed by atoms with van der Waals surface area (Å²) >= 11 is 0. The second-order valence-corrected chi connectivity index (χ2v) is 15.0. The van der Waals surface area contributed by atoms with E-state index in [4.69, 9.17) is 15.7 Å². The van der Waals surface area contributed by atoms with Gasteiger partial charge in [-0.3, -0.25) is 39.1 Å². The number of hydrogen-bond donors (Lipinski definition) is 4. The van der Waals surface area contributed by atoms with Crippen LogP contribution in [0.3, 0.4) is 0 Å². The molecule has 1 unspecified atom stereocenters. The van der Waals surface area contributed by atoms with Crippen molar-refractivity contribution in [3.05, 3.63) is 94.9 Å². The number of fused-ring (bicyclic) bond motifs is 1. The number of carbonyl (C=O) groups excluding carboxylic acids is 5. The molecule has 8 rings (SSSR count). The molecule has 15 nitrogen and oxygen atoms in total. The lowest BCUT2D eigenvalue weighted by Crippen LogP contribution is -2.54. The van der Waals surface area contributed by atoms with Crippen LogP contribution in [-0.2, 0) is 15.8 Å². The number of amides is 5. The Morgan fingerprint density at radius 3 is 2.29 bits per heavy atom. The normalized spacial score (nSPS) is 23.7. The van der Waals surface area contributed by atoms with Crippen LogP contribution >= 0.6 is 0 Å². The Labute approximate surface area is 371 Å². The number of ether oxygens (including phenoxy) is 1. The Balaban J connectivity index is 0.974. The number of alkyl halides is 3. The number of imide groups is 2. The minimum absolute atomic E-state index is 0.00137. The molecule has 3 aromatic carbocycles. The van der Waals surface area contributed by atoms with Crippen molar-refractivity contribution < 1.29 is 57.2 Å². The quantitative estimate of drug-likeness (QED) is 0.110. The highest BCUT2D eigenvalue weighted by molar-refractivity contribution is 6.23. The largest absolute Gasteiger partial charge is 0.494 e. The molecule has 330 valence electrons. The van der Waals surface area contributed by atoms with E-state index in [0.29, 0.717) is 52.6 Å². The van der Waals surface area contributed by atoms with Crippen LogP contribution < -0.4 is 35.8 Å². The fraction of sp³-hybridized carbons (Fsp3) is 0.364. The second kappa shape index (κ2) is 17.5. The SMILES string of the molecule is [2H]C1([2H])N(CC2CCN(c3ccc(Nc4cc(Nc5ccccc5C(=O)NC)c(C(F)(F)F)cn4)c(OC)c3)CC2)C([2H])([2H])C([2H])([2H])N(c2cc3c(cc2F)C(=O)N(C2CCC(=O)NC2=O)C3=O)C1([2H])[2H]. The molecule has 4 aliphatic heterocycles. The molecular formula is C44H45F4N9O6. The first-order chi connectivity index (χ1) is 33.2. The molecule has 0 aliphatic carbocycles. The summed E-state index contributed by atoms with van der Waals surface area (Å²) in [4.78, 5) is 70.5. The van der Waals surface area contributed by atoms with Crippen LogP contribution in [0.2, 0.25) is 0 Å². The number of halogens is 4. The fourth-order valence-electron chi connectivity index (χ4n) is 7.81. The van der Waals surface area contributed by atoms with Gasteiger partial charge in [-0.15, -0.1) is 0 Å². The van der Waals surface area contributed by atoms with Crippen molar-refractivity contribution >= 4 is 63.8 Å². The van der Waals surface area contributed by atoms with Crippen LogP contribution in [0.15, 0.2) is 66.9 Å². The molecule has 5 heterocycles. The van der Waals surface area contributed by atoms with Crippen molar-refractivity contribution in [3.8, 4) is 5.75 Å². The molecule has 4 aliphatic rings. The van der Waals surface area contributed by atoms with E-state index in [1.54, 1.807) is 30.3 Å². The summed E-state index contributed by atoms with van der Waals surface area (Å²) in [5.41, 5.74) is -2.44. The zero-order valence-electron chi connectivity index (χ0n) is 41.7. The Hall–Kier alpha value is -6.76. The summed E-state index contributed by atoms with van der Waals surface area (Å²) in [5.74, 6) is -6.07. The lowest BCUT2D eigenvalue weighted by molar-refractivity contribution is -0.137. The van der Waals surface area contributed by atoms with Crippen molar-refractivity contribution in [2.24, 2.45) is 5.92 Å². The summed E-state index contributed by atoms with van der Waals surface area (Å²) in [6.45, 7) is -13.7. The molecule has 0 spiro atoms. The van der Waals surface area contributed by atoms with Gasteiger partial charge < -0.3 is 30.5 Å². The van der Waals surface area contributed by atoms with Crippen molar-refractivity contribution in [2.75, 3.05) is 80.2 Å². The second-order valence-electron chi connectivity index (χ2n) is 15.0. The number of piperidine rings is 2. The third kappa shape index (κ3) is 8.82. The lowest BCUT2D eigenvalue weighted by Gasteiger charge is -2.40. The molecule has 19 heteroatoms. The van der Waals surface area contributed by atoms with Crippen LogP contribution in [0.4, 0.5) is 51.8 Å². The number of nitrogens with one attached hydrogen (secondary N) is 4. The number of anilines is 6. The highest BCUT2D eigenvalue weighted by Gasteiger charge is 2.45. The van der Waals surface area contributed by atoms with E-state index in [9.17, 15) is 37.1 Å². The van der Waals surface area contributed by atoms with Gasteiger partial charge >= 0.3 is 6.18 Å². The maximum atomic E-state index is 16.1. The number of rotatable bonds is 11. The molecule has 1 atom stereocenters.